The molecule has 1 nitrogen and oxygen atoms in total. The summed E-state index contributed by atoms with van der Waals surface area (Å²) in [7, 11) is 5.70. The normalized spacial score (nSPS) is 10.6. The van der Waals surface area contributed by atoms with Crippen molar-refractivity contribution in [3.8, 4) is 11.3 Å². The third kappa shape index (κ3) is 1.82. The molecule has 3 aromatic rings. The number of rotatable bonds is 1. The Morgan fingerprint density at radius 2 is 1.59 bits per heavy atom. The van der Waals surface area contributed by atoms with E-state index in [1.54, 1.807) is 0 Å². The van der Waals surface area contributed by atoms with Crippen LogP contribution in [0.5, 0.6) is 0 Å². The SMILES string of the molecule is [B]c1ccc(-c2nccc3ccccc23)cc1. The van der Waals surface area contributed by atoms with E-state index >= 15 is 0 Å². The zero-order chi connectivity index (χ0) is 11.7. The topological polar surface area (TPSA) is 12.9 Å². The van der Waals surface area contributed by atoms with Crippen molar-refractivity contribution in [2.24, 2.45) is 0 Å². The van der Waals surface area contributed by atoms with E-state index in [-0.39, 0.29) is 0 Å². The Morgan fingerprint density at radius 1 is 0.824 bits per heavy atom. The number of nitrogens with zero attached hydrogens (tertiary/aromatic N) is 1. The van der Waals surface area contributed by atoms with E-state index in [4.69, 9.17) is 7.85 Å². The smallest absolute Gasteiger partial charge is 0.113 e. The first-order chi connectivity index (χ1) is 8.34. The van der Waals surface area contributed by atoms with E-state index in [0.717, 1.165) is 16.7 Å². The Bertz CT molecular complexity index is 654. The number of benzene rings is 2. The number of hydrogen-bond acceptors (Lipinski definition) is 1. The van der Waals surface area contributed by atoms with E-state index in [9.17, 15) is 0 Å². The fraction of sp³-hybridized carbons (Fsp3) is 0. The number of pyridine rings is 1. The molecule has 78 valence electrons. The molecule has 0 bridgehead atoms. The van der Waals surface area contributed by atoms with Gasteiger partial charge in [0.1, 0.15) is 7.85 Å². The Hall–Kier alpha value is -2.09. The van der Waals surface area contributed by atoms with Crippen molar-refractivity contribution in [2.45, 2.75) is 0 Å². The monoisotopic (exact) mass is 215 g/mol. The largest absolute Gasteiger partial charge is 0.256 e. The summed E-state index contributed by atoms with van der Waals surface area (Å²) >= 11 is 0. The van der Waals surface area contributed by atoms with Crippen molar-refractivity contribution in [1.82, 2.24) is 4.98 Å². The maximum Gasteiger partial charge on any atom is 0.113 e. The zero-order valence-electron chi connectivity index (χ0n) is 9.30. The summed E-state index contributed by atoms with van der Waals surface area (Å²) in [5.41, 5.74) is 2.87. The predicted octanol–water partition coefficient (Wildman–Crippen LogP) is 2.70. The third-order valence-electron chi connectivity index (χ3n) is 2.86. The van der Waals surface area contributed by atoms with Gasteiger partial charge in [0.05, 0.1) is 5.69 Å². The molecule has 0 aliphatic rings. The Kier molecular flexibility index (Phi) is 2.41. The molecule has 0 amide bonds. The minimum Gasteiger partial charge on any atom is -0.256 e. The molecule has 2 heteroatoms. The molecule has 0 saturated heterocycles. The summed E-state index contributed by atoms with van der Waals surface area (Å²) in [5.74, 6) is 0. The van der Waals surface area contributed by atoms with Crippen LogP contribution in [-0.2, 0) is 0 Å². The second kappa shape index (κ2) is 4.06. The van der Waals surface area contributed by atoms with Crippen molar-refractivity contribution >= 4 is 24.1 Å². The van der Waals surface area contributed by atoms with Gasteiger partial charge in [-0.05, 0) is 11.5 Å². The van der Waals surface area contributed by atoms with Crippen LogP contribution in [-0.4, -0.2) is 12.8 Å². The highest BCUT2D eigenvalue weighted by atomic mass is 14.7. The lowest BCUT2D eigenvalue weighted by atomic mass is 9.94. The molecule has 2 aromatic carbocycles. The lowest BCUT2D eigenvalue weighted by Gasteiger charge is -2.05. The Labute approximate surface area is 102 Å². The van der Waals surface area contributed by atoms with Crippen molar-refractivity contribution in [1.29, 1.82) is 0 Å². The predicted molar refractivity (Wildman–Crippen MR) is 72.6 cm³/mol. The fourth-order valence-corrected chi connectivity index (χ4v) is 1.99. The highest BCUT2D eigenvalue weighted by molar-refractivity contribution is 6.32. The first-order valence-corrected chi connectivity index (χ1v) is 5.54. The summed E-state index contributed by atoms with van der Waals surface area (Å²) in [6.45, 7) is 0. The number of hydrogen-bond donors (Lipinski definition) is 0. The van der Waals surface area contributed by atoms with Crippen LogP contribution in [0.4, 0.5) is 0 Å². The van der Waals surface area contributed by atoms with Crippen LogP contribution in [0.15, 0.2) is 60.8 Å². The summed E-state index contributed by atoms with van der Waals surface area (Å²) in [6.07, 6.45) is 1.84. The highest BCUT2D eigenvalue weighted by Gasteiger charge is 2.03. The van der Waals surface area contributed by atoms with Gasteiger partial charge in [-0.25, -0.2) is 0 Å². The van der Waals surface area contributed by atoms with Gasteiger partial charge in [0.15, 0.2) is 0 Å². The Morgan fingerprint density at radius 3 is 2.41 bits per heavy atom. The minimum absolute atomic E-state index is 0.772. The lowest BCUT2D eigenvalue weighted by Crippen LogP contribution is -1.99. The molecular weight excluding hydrogens is 205 g/mol. The quantitative estimate of drug-likeness (QED) is 0.568. The van der Waals surface area contributed by atoms with Gasteiger partial charge < -0.3 is 0 Å². The fourth-order valence-electron chi connectivity index (χ4n) is 1.99. The standard InChI is InChI=1S/C15H10BN/c16-13-7-5-12(6-8-13)15-14-4-2-1-3-11(14)9-10-17-15/h1-10H. The number of aromatic nitrogens is 1. The van der Waals surface area contributed by atoms with Crippen LogP contribution in [0.25, 0.3) is 22.0 Å². The molecule has 3 rings (SSSR count). The van der Waals surface area contributed by atoms with Crippen molar-refractivity contribution in [3.63, 3.8) is 0 Å². The molecule has 17 heavy (non-hydrogen) atoms. The van der Waals surface area contributed by atoms with Crippen LogP contribution in [0.1, 0.15) is 0 Å². The second-order valence-electron chi connectivity index (χ2n) is 4.00. The summed E-state index contributed by atoms with van der Waals surface area (Å²) < 4.78 is 0. The number of fused-ring (bicyclic) bond motifs is 1. The average molecular weight is 215 g/mol. The van der Waals surface area contributed by atoms with E-state index in [1.165, 1.54) is 10.8 Å². The average Bonchev–Trinajstić information content (AvgIpc) is 2.39. The molecule has 0 aliphatic carbocycles. The molecular formula is C15H10BN. The maximum atomic E-state index is 5.70. The van der Waals surface area contributed by atoms with E-state index < -0.39 is 0 Å². The highest BCUT2D eigenvalue weighted by Crippen LogP contribution is 2.25. The van der Waals surface area contributed by atoms with E-state index in [1.807, 2.05) is 48.7 Å². The maximum absolute atomic E-state index is 5.70. The van der Waals surface area contributed by atoms with E-state index in [2.05, 4.69) is 17.1 Å². The molecule has 0 atom stereocenters. The molecule has 1 heterocycles. The second-order valence-corrected chi connectivity index (χ2v) is 4.00. The lowest BCUT2D eigenvalue weighted by molar-refractivity contribution is 1.36. The molecule has 0 saturated carbocycles. The van der Waals surface area contributed by atoms with Crippen LogP contribution >= 0.6 is 0 Å². The molecule has 2 radical (unpaired) electrons. The van der Waals surface area contributed by atoms with Crippen molar-refractivity contribution in [2.75, 3.05) is 0 Å². The van der Waals surface area contributed by atoms with Crippen molar-refractivity contribution in [3.05, 3.63) is 60.8 Å². The van der Waals surface area contributed by atoms with Gasteiger partial charge in [-0.3, -0.25) is 4.98 Å². The summed E-state index contributed by atoms with van der Waals surface area (Å²) in [6, 6.07) is 18.1. The van der Waals surface area contributed by atoms with E-state index in [0.29, 0.717) is 0 Å². The Balaban J connectivity index is 2.27. The van der Waals surface area contributed by atoms with Gasteiger partial charge in [-0.1, -0.05) is 54.0 Å². The first kappa shape index (κ1) is 10.1. The van der Waals surface area contributed by atoms with Gasteiger partial charge in [0.2, 0.25) is 0 Å². The minimum atomic E-state index is 0.772. The molecule has 0 fully saturated rings. The van der Waals surface area contributed by atoms with Crippen LogP contribution < -0.4 is 5.46 Å². The molecule has 1 aromatic heterocycles. The van der Waals surface area contributed by atoms with Gasteiger partial charge in [0, 0.05) is 17.1 Å². The van der Waals surface area contributed by atoms with Gasteiger partial charge in [0.25, 0.3) is 0 Å². The van der Waals surface area contributed by atoms with Crippen LogP contribution in [0, 0.1) is 0 Å². The summed E-state index contributed by atoms with van der Waals surface area (Å²) in [4.78, 5) is 4.47. The van der Waals surface area contributed by atoms with Gasteiger partial charge in [-0.2, -0.15) is 0 Å². The van der Waals surface area contributed by atoms with Gasteiger partial charge in [-0.15, -0.1) is 0 Å². The molecule has 0 spiro atoms. The molecule has 0 unspecified atom stereocenters. The van der Waals surface area contributed by atoms with Gasteiger partial charge >= 0.3 is 0 Å². The zero-order valence-corrected chi connectivity index (χ0v) is 9.30. The third-order valence-corrected chi connectivity index (χ3v) is 2.86. The van der Waals surface area contributed by atoms with Crippen LogP contribution in [0.3, 0.4) is 0 Å². The molecule has 0 N–H and O–H groups in total. The van der Waals surface area contributed by atoms with Crippen LogP contribution in [0.2, 0.25) is 0 Å². The first-order valence-electron chi connectivity index (χ1n) is 5.54. The molecule has 0 aliphatic heterocycles. The van der Waals surface area contributed by atoms with Crippen molar-refractivity contribution < 1.29 is 0 Å². The summed E-state index contributed by atoms with van der Waals surface area (Å²) in [5, 5.41) is 2.37.